The molecule has 23 heteroatoms. The number of anilines is 1. The van der Waals surface area contributed by atoms with E-state index >= 15 is 0 Å². The minimum atomic E-state index is -1.19. The molecule has 4 heterocycles. The van der Waals surface area contributed by atoms with Gasteiger partial charge >= 0.3 is 11.9 Å². The molecule has 1 aliphatic heterocycles. The summed E-state index contributed by atoms with van der Waals surface area (Å²) in [7, 11) is 0. The molecule has 1 aliphatic rings. The number of carbonyl (C=O) groups is 2. The van der Waals surface area contributed by atoms with Gasteiger partial charge in [-0.1, -0.05) is 11.3 Å². The molecule has 0 spiro atoms. The van der Waals surface area contributed by atoms with Crippen molar-refractivity contribution in [1.82, 2.24) is 34.8 Å². The molecule has 23 nitrogen and oxygen atoms in total. The van der Waals surface area contributed by atoms with Crippen molar-refractivity contribution >= 4 is 17.6 Å². The van der Waals surface area contributed by atoms with Crippen molar-refractivity contribution in [3.05, 3.63) is 85.4 Å². The average Bonchev–Trinajstić information content (AvgIpc) is 3.77. The molecule has 5 rings (SSSR count). The van der Waals surface area contributed by atoms with Crippen molar-refractivity contribution in [2.24, 2.45) is 0 Å². The predicted molar refractivity (Wildman–Crippen MR) is 234 cm³/mol. The number of hydrogen-bond donors (Lipinski definition) is 3. The van der Waals surface area contributed by atoms with Crippen LogP contribution in [0.1, 0.15) is 45.0 Å². The van der Waals surface area contributed by atoms with Crippen LogP contribution in [0.25, 0.3) is 0 Å². The fourth-order valence-electron chi connectivity index (χ4n) is 6.37. The first-order valence-corrected chi connectivity index (χ1v) is 21.8. The summed E-state index contributed by atoms with van der Waals surface area (Å²) in [5.74, 6) is -1.86. The summed E-state index contributed by atoms with van der Waals surface area (Å²) >= 11 is 0. The van der Waals surface area contributed by atoms with Crippen LogP contribution in [0.3, 0.4) is 0 Å². The van der Waals surface area contributed by atoms with Crippen LogP contribution in [-0.4, -0.2) is 189 Å². The Bertz CT molecular complexity index is 2110. The lowest BCUT2D eigenvalue weighted by Crippen LogP contribution is -2.36. The quantitative estimate of drug-likeness (QED) is 0.0641. The van der Waals surface area contributed by atoms with E-state index in [0.29, 0.717) is 174 Å². The maximum atomic E-state index is 12.0. The SMILES string of the molecule is CCOc1c(NCCOCCOCCOCCn2cc(COc3cc(CN4CCOCCOCCN(Cc5cccc(C(=O)O)n5)CCOCCOCC4)nc(C(=O)O)c3)nn2)c(=O)c1=O. The molecule has 1 fully saturated rings. The Balaban J connectivity index is 0.979. The van der Waals surface area contributed by atoms with Crippen LogP contribution < -0.4 is 25.6 Å². The number of aromatic carboxylic acids is 2. The minimum absolute atomic E-state index is 0.00201. The van der Waals surface area contributed by atoms with Gasteiger partial charge in [-0.3, -0.25) is 19.4 Å². The number of carboxylic acids is 2. The smallest absolute Gasteiger partial charge is 0.354 e. The molecule has 3 aromatic heterocycles. The second kappa shape index (κ2) is 29.2. The summed E-state index contributed by atoms with van der Waals surface area (Å²) < 4.78 is 52.8. The Morgan fingerprint density at radius 2 is 1.26 bits per heavy atom. The molecule has 0 atom stereocenters. The minimum Gasteiger partial charge on any atom is -0.488 e. The highest BCUT2D eigenvalue weighted by Crippen LogP contribution is 2.18. The summed E-state index contributed by atoms with van der Waals surface area (Å²) in [6, 6.07) is 8.01. The fraction of sp³-hybridized carbons (Fsp3) is 0.581. The average molecular weight is 929 g/mol. The van der Waals surface area contributed by atoms with E-state index in [1.807, 2.05) is 0 Å². The maximum Gasteiger partial charge on any atom is 0.354 e. The van der Waals surface area contributed by atoms with Gasteiger partial charge in [-0.05, 0) is 19.1 Å². The molecule has 0 aliphatic carbocycles. The number of hydrogen-bond acceptors (Lipinski definition) is 20. The Kier molecular flexibility index (Phi) is 22.8. The van der Waals surface area contributed by atoms with Crippen molar-refractivity contribution < 1.29 is 62.4 Å². The molecule has 66 heavy (non-hydrogen) atoms. The maximum absolute atomic E-state index is 12.0. The van der Waals surface area contributed by atoms with Crippen LogP contribution in [0.5, 0.6) is 11.5 Å². The number of nitrogens with zero attached hydrogens (tertiary/aromatic N) is 7. The largest absolute Gasteiger partial charge is 0.488 e. The van der Waals surface area contributed by atoms with Gasteiger partial charge in [0, 0.05) is 57.9 Å². The third-order valence-electron chi connectivity index (χ3n) is 9.70. The molecule has 4 aromatic rings. The lowest BCUT2D eigenvalue weighted by atomic mass is 10.2. The van der Waals surface area contributed by atoms with E-state index in [1.54, 1.807) is 36.0 Å². The van der Waals surface area contributed by atoms with Crippen LogP contribution in [0.2, 0.25) is 0 Å². The molecule has 0 saturated carbocycles. The molecular formula is C43H60N8O15. The fourth-order valence-corrected chi connectivity index (χ4v) is 6.37. The molecule has 362 valence electrons. The van der Waals surface area contributed by atoms with E-state index in [1.165, 1.54) is 12.1 Å². The molecular weight excluding hydrogens is 869 g/mol. The summed E-state index contributed by atoms with van der Waals surface area (Å²) in [5, 5.41) is 30.3. The number of ether oxygens (including phenoxy) is 9. The first-order chi connectivity index (χ1) is 32.2. The zero-order chi connectivity index (χ0) is 46.8. The van der Waals surface area contributed by atoms with Crippen LogP contribution >= 0.6 is 0 Å². The van der Waals surface area contributed by atoms with Crippen molar-refractivity contribution in [1.29, 1.82) is 0 Å². The topological polar surface area (TPSA) is 267 Å². The van der Waals surface area contributed by atoms with Gasteiger partial charge < -0.3 is 58.2 Å². The van der Waals surface area contributed by atoms with Gasteiger partial charge in [0.2, 0.25) is 0 Å². The van der Waals surface area contributed by atoms with Gasteiger partial charge in [0.05, 0.1) is 123 Å². The highest BCUT2D eigenvalue weighted by atomic mass is 16.5. The lowest BCUT2D eigenvalue weighted by Gasteiger charge is -2.23. The normalized spacial score (nSPS) is 15.5. The second-order valence-corrected chi connectivity index (χ2v) is 14.6. The summed E-state index contributed by atoms with van der Waals surface area (Å²) in [6.45, 7) is 11.2. The van der Waals surface area contributed by atoms with Gasteiger partial charge in [0.15, 0.2) is 11.4 Å². The highest BCUT2D eigenvalue weighted by molar-refractivity contribution is 5.86. The first-order valence-electron chi connectivity index (χ1n) is 21.8. The summed E-state index contributed by atoms with van der Waals surface area (Å²) in [5.41, 5.74) is 0.520. The molecule has 0 unspecified atom stereocenters. The molecule has 1 aromatic carbocycles. The van der Waals surface area contributed by atoms with Crippen molar-refractivity contribution in [2.45, 2.75) is 33.2 Å². The van der Waals surface area contributed by atoms with Crippen molar-refractivity contribution in [3.63, 3.8) is 0 Å². The van der Waals surface area contributed by atoms with Crippen molar-refractivity contribution in [3.8, 4) is 11.5 Å². The Morgan fingerprint density at radius 1 is 0.682 bits per heavy atom. The Morgan fingerprint density at radius 3 is 1.86 bits per heavy atom. The van der Waals surface area contributed by atoms with Gasteiger partial charge in [-0.15, -0.1) is 5.10 Å². The number of pyridine rings is 2. The first kappa shape index (κ1) is 51.5. The molecule has 0 amide bonds. The molecule has 1 saturated heterocycles. The van der Waals surface area contributed by atoms with Gasteiger partial charge in [0.1, 0.15) is 29.4 Å². The molecule has 0 radical (unpaired) electrons. The predicted octanol–water partition coefficient (Wildman–Crippen LogP) is 0.584. The van der Waals surface area contributed by atoms with E-state index in [2.05, 4.69) is 35.4 Å². The number of carboxylic acid groups (broad SMARTS) is 2. The third-order valence-corrected chi connectivity index (χ3v) is 9.70. The third kappa shape index (κ3) is 18.4. The van der Waals surface area contributed by atoms with E-state index in [0.717, 1.165) is 0 Å². The summed E-state index contributed by atoms with van der Waals surface area (Å²) in [6.07, 6.45) is 1.72. The van der Waals surface area contributed by atoms with E-state index in [-0.39, 0.29) is 29.4 Å². The van der Waals surface area contributed by atoms with E-state index in [9.17, 15) is 29.4 Å². The zero-order valence-corrected chi connectivity index (χ0v) is 37.3. The van der Waals surface area contributed by atoms with E-state index < -0.39 is 22.8 Å². The lowest BCUT2D eigenvalue weighted by molar-refractivity contribution is 0.00596. The summed E-state index contributed by atoms with van der Waals surface area (Å²) in [4.78, 5) is 59.3. The number of rotatable bonds is 24. The number of aromatic nitrogens is 5. The van der Waals surface area contributed by atoms with Crippen LogP contribution in [0.4, 0.5) is 5.69 Å². The number of nitrogens with one attached hydrogen (secondary N) is 1. The Hall–Kier alpha value is -5.50. The van der Waals surface area contributed by atoms with Gasteiger partial charge in [0.25, 0.3) is 10.9 Å². The highest BCUT2D eigenvalue weighted by Gasteiger charge is 2.22. The molecule has 0 bridgehead atoms. The second-order valence-electron chi connectivity index (χ2n) is 14.6. The standard InChI is InChI=1S/C43H60N8O15/c1-2-65-41-38(39(52)40(41)53)44-6-12-58-18-24-64-25-23-63-17-11-51-30-34(47-48-51)31-66-35-26-33(46-37(27-35)43(56)57)29-50-9-15-61-21-19-59-13-7-49(8-14-60-20-22-62-16-10-50)28-32-4-3-5-36(45-32)42(54)55/h3-5,26-27,30,44H,2,6-25,28-29,31H2,1H3,(H,54,55)(H,56,57). The van der Waals surface area contributed by atoms with Crippen LogP contribution in [0, 0.1) is 0 Å². The zero-order valence-electron chi connectivity index (χ0n) is 37.3. The van der Waals surface area contributed by atoms with Crippen molar-refractivity contribution in [2.75, 3.05) is 137 Å². The Labute approximate surface area is 381 Å². The molecule has 3 N–H and O–H groups in total. The van der Waals surface area contributed by atoms with Gasteiger partial charge in [-0.25, -0.2) is 24.2 Å². The van der Waals surface area contributed by atoms with Gasteiger partial charge in [-0.2, -0.15) is 0 Å². The van der Waals surface area contributed by atoms with Crippen LogP contribution in [-0.2, 0) is 59.4 Å². The van der Waals surface area contributed by atoms with E-state index in [4.69, 9.17) is 42.6 Å². The van der Waals surface area contributed by atoms with Crippen LogP contribution in [0.15, 0.2) is 46.1 Å². The monoisotopic (exact) mass is 928 g/mol.